The standard InChI is InChI=1S/C13H15Cl2NO3/c1-18-10-4-2-3-9(14)11(10)12(15)13(17)16-5-7-19-8-6-16/h2-4,12H,5-8H2,1H3. The summed E-state index contributed by atoms with van der Waals surface area (Å²) in [5.74, 6) is 0.352. The summed E-state index contributed by atoms with van der Waals surface area (Å²) in [7, 11) is 1.53. The van der Waals surface area contributed by atoms with Crippen molar-refractivity contribution in [2.24, 2.45) is 0 Å². The highest BCUT2D eigenvalue weighted by atomic mass is 35.5. The van der Waals surface area contributed by atoms with E-state index in [9.17, 15) is 4.79 Å². The number of carbonyl (C=O) groups is 1. The number of amides is 1. The summed E-state index contributed by atoms with van der Waals surface area (Å²) in [6, 6.07) is 5.19. The van der Waals surface area contributed by atoms with Crippen LogP contribution in [0, 0.1) is 0 Å². The molecular weight excluding hydrogens is 289 g/mol. The highest BCUT2D eigenvalue weighted by molar-refractivity contribution is 6.36. The summed E-state index contributed by atoms with van der Waals surface area (Å²) >= 11 is 12.4. The first kappa shape index (κ1) is 14.4. The van der Waals surface area contributed by atoms with Gasteiger partial charge in [-0.05, 0) is 12.1 Å². The Morgan fingerprint density at radius 2 is 2.11 bits per heavy atom. The van der Waals surface area contributed by atoms with Crippen molar-refractivity contribution < 1.29 is 14.3 Å². The third kappa shape index (κ3) is 3.14. The number of nitrogens with zero attached hydrogens (tertiary/aromatic N) is 1. The molecule has 0 radical (unpaired) electrons. The maximum Gasteiger partial charge on any atom is 0.245 e. The predicted octanol–water partition coefficient (Wildman–Crippen LogP) is 2.49. The van der Waals surface area contributed by atoms with Gasteiger partial charge in [-0.1, -0.05) is 17.7 Å². The van der Waals surface area contributed by atoms with Gasteiger partial charge in [0.1, 0.15) is 11.1 Å². The lowest BCUT2D eigenvalue weighted by Gasteiger charge is -2.29. The van der Waals surface area contributed by atoms with Crippen molar-refractivity contribution in [3.63, 3.8) is 0 Å². The Balaban J connectivity index is 2.23. The van der Waals surface area contributed by atoms with Gasteiger partial charge >= 0.3 is 0 Å². The first-order chi connectivity index (χ1) is 9.15. The quantitative estimate of drug-likeness (QED) is 0.805. The van der Waals surface area contributed by atoms with Gasteiger partial charge in [-0.3, -0.25) is 4.79 Å². The van der Waals surface area contributed by atoms with E-state index in [1.807, 2.05) is 0 Å². The van der Waals surface area contributed by atoms with Crippen LogP contribution in [0.4, 0.5) is 0 Å². The molecule has 1 unspecified atom stereocenters. The molecule has 19 heavy (non-hydrogen) atoms. The van der Waals surface area contributed by atoms with Gasteiger partial charge in [0.05, 0.1) is 20.3 Å². The van der Waals surface area contributed by atoms with Gasteiger partial charge in [0.15, 0.2) is 0 Å². The van der Waals surface area contributed by atoms with Crippen LogP contribution in [0.1, 0.15) is 10.9 Å². The summed E-state index contributed by atoms with van der Waals surface area (Å²) < 4.78 is 10.4. The molecule has 0 aromatic heterocycles. The van der Waals surface area contributed by atoms with Gasteiger partial charge in [-0.15, -0.1) is 11.6 Å². The third-order valence-electron chi connectivity index (χ3n) is 3.03. The summed E-state index contributed by atoms with van der Waals surface area (Å²) in [5.41, 5.74) is 0.518. The second kappa shape index (κ2) is 6.46. The lowest BCUT2D eigenvalue weighted by Crippen LogP contribution is -2.42. The van der Waals surface area contributed by atoms with Crippen molar-refractivity contribution in [3.05, 3.63) is 28.8 Å². The van der Waals surface area contributed by atoms with E-state index in [0.29, 0.717) is 42.6 Å². The number of morpholine rings is 1. The van der Waals surface area contributed by atoms with Gasteiger partial charge in [0.2, 0.25) is 5.91 Å². The molecule has 1 atom stereocenters. The van der Waals surface area contributed by atoms with Crippen LogP contribution in [-0.4, -0.2) is 44.2 Å². The minimum absolute atomic E-state index is 0.170. The predicted molar refractivity (Wildman–Crippen MR) is 74.0 cm³/mol. The minimum Gasteiger partial charge on any atom is -0.496 e. The highest BCUT2D eigenvalue weighted by Gasteiger charge is 2.29. The Morgan fingerprint density at radius 3 is 2.74 bits per heavy atom. The zero-order chi connectivity index (χ0) is 13.8. The minimum atomic E-state index is -0.846. The average Bonchev–Trinajstić information content (AvgIpc) is 2.46. The Bertz CT molecular complexity index is 461. The molecule has 1 aromatic carbocycles. The Hall–Kier alpha value is -0.970. The van der Waals surface area contributed by atoms with E-state index in [1.165, 1.54) is 7.11 Å². The third-order valence-corrected chi connectivity index (χ3v) is 3.76. The first-order valence-corrected chi connectivity index (χ1v) is 6.79. The fourth-order valence-electron chi connectivity index (χ4n) is 2.01. The van der Waals surface area contributed by atoms with E-state index in [-0.39, 0.29) is 5.91 Å². The van der Waals surface area contributed by atoms with Crippen LogP contribution >= 0.6 is 23.2 Å². The fraction of sp³-hybridized carbons (Fsp3) is 0.462. The molecule has 1 amide bonds. The van der Waals surface area contributed by atoms with Crippen LogP contribution in [0.5, 0.6) is 5.75 Å². The van der Waals surface area contributed by atoms with Gasteiger partial charge in [-0.25, -0.2) is 0 Å². The molecule has 1 fully saturated rings. The number of hydrogen-bond acceptors (Lipinski definition) is 3. The second-order valence-corrected chi connectivity index (χ2v) is 5.00. The molecule has 0 bridgehead atoms. The molecule has 2 rings (SSSR count). The van der Waals surface area contributed by atoms with E-state index in [0.717, 1.165) is 0 Å². The molecule has 6 heteroatoms. The summed E-state index contributed by atoms with van der Waals surface area (Å²) in [6.07, 6.45) is 0. The molecule has 4 nitrogen and oxygen atoms in total. The van der Waals surface area contributed by atoms with Crippen molar-refractivity contribution >= 4 is 29.1 Å². The summed E-state index contributed by atoms with van der Waals surface area (Å²) in [6.45, 7) is 2.17. The van der Waals surface area contributed by atoms with E-state index in [4.69, 9.17) is 32.7 Å². The zero-order valence-corrected chi connectivity index (χ0v) is 12.1. The largest absolute Gasteiger partial charge is 0.496 e. The number of methoxy groups -OCH3 is 1. The summed E-state index contributed by atoms with van der Waals surface area (Å²) in [5, 5.41) is -0.414. The van der Waals surface area contributed by atoms with Crippen LogP contribution < -0.4 is 4.74 Å². The number of rotatable bonds is 3. The van der Waals surface area contributed by atoms with Gasteiger partial charge in [0.25, 0.3) is 0 Å². The van der Waals surface area contributed by atoms with Crippen molar-refractivity contribution in [2.75, 3.05) is 33.4 Å². The van der Waals surface area contributed by atoms with E-state index < -0.39 is 5.38 Å². The van der Waals surface area contributed by atoms with Crippen LogP contribution in [0.2, 0.25) is 5.02 Å². The topological polar surface area (TPSA) is 38.8 Å². The molecule has 0 aliphatic carbocycles. The first-order valence-electron chi connectivity index (χ1n) is 5.98. The maximum atomic E-state index is 12.3. The number of ether oxygens (including phenoxy) is 2. The number of benzene rings is 1. The number of carbonyl (C=O) groups excluding carboxylic acids is 1. The number of alkyl halides is 1. The molecular formula is C13H15Cl2NO3. The van der Waals surface area contributed by atoms with Crippen LogP contribution in [0.15, 0.2) is 18.2 Å². The molecule has 0 spiro atoms. The average molecular weight is 304 g/mol. The van der Waals surface area contributed by atoms with Crippen molar-refractivity contribution in [2.45, 2.75) is 5.38 Å². The van der Waals surface area contributed by atoms with E-state index in [2.05, 4.69) is 0 Å². The molecule has 0 saturated carbocycles. The molecule has 104 valence electrons. The number of halogens is 2. The van der Waals surface area contributed by atoms with Crippen LogP contribution in [-0.2, 0) is 9.53 Å². The molecule has 1 aromatic rings. The van der Waals surface area contributed by atoms with Crippen molar-refractivity contribution in [1.29, 1.82) is 0 Å². The van der Waals surface area contributed by atoms with Gasteiger partial charge in [0, 0.05) is 23.7 Å². The van der Waals surface area contributed by atoms with Crippen LogP contribution in [0.25, 0.3) is 0 Å². The van der Waals surface area contributed by atoms with Gasteiger partial charge in [-0.2, -0.15) is 0 Å². The number of hydrogen-bond donors (Lipinski definition) is 0. The fourth-order valence-corrected chi connectivity index (χ4v) is 2.70. The second-order valence-electron chi connectivity index (χ2n) is 4.16. The summed E-state index contributed by atoms with van der Waals surface area (Å²) in [4.78, 5) is 14.0. The Kier molecular flexibility index (Phi) is 4.91. The van der Waals surface area contributed by atoms with Crippen molar-refractivity contribution in [1.82, 2.24) is 4.90 Å². The Labute approximate surface area is 122 Å². The molecule has 1 aliphatic heterocycles. The van der Waals surface area contributed by atoms with E-state index in [1.54, 1.807) is 23.1 Å². The van der Waals surface area contributed by atoms with Gasteiger partial charge < -0.3 is 14.4 Å². The Morgan fingerprint density at radius 1 is 1.42 bits per heavy atom. The molecule has 1 aliphatic rings. The lowest BCUT2D eigenvalue weighted by molar-refractivity contribution is -0.135. The highest BCUT2D eigenvalue weighted by Crippen LogP contribution is 2.36. The van der Waals surface area contributed by atoms with Crippen LogP contribution in [0.3, 0.4) is 0 Å². The van der Waals surface area contributed by atoms with E-state index >= 15 is 0 Å². The monoisotopic (exact) mass is 303 g/mol. The molecule has 1 saturated heterocycles. The SMILES string of the molecule is COc1cccc(Cl)c1C(Cl)C(=O)N1CCOCC1. The normalized spacial score (nSPS) is 17.1. The maximum absolute atomic E-state index is 12.3. The molecule has 1 heterocycles. The lowest BCUT2D eigenvalue weighted by atomic mass is 10.1. The zero-order valence-electron chi connectivity index (χ0n) is 10.6. The smallest absolute Gasteiger partial charge is 0.245 e. The van der Waals surface area contributed by atoms with Crippen molar-refractivity contribution in [3.8, 4) is 5.75 Å². The molecule has 0 N–H and O–H groups in total.